The summed E-state index contributed by atoms with van der Waals surface area (Å²) < 4.78 is 1.96. The van der Waals surface area contributed by atoms with Crippen molar-refractivity contribution >= 4 is 0 Å². The molecule has 1 heterocycles. The molecule has 0 aliphatic rings. The molecule has 1 aromatic heterocycles. The first-order chi connectivity index (χ1) is 7.85. The Morgan fingerprint density at radius 1 is 1.47 bits per heavy atom. The second-order valence-electron chi connectivity index (χ2n) is 5.94. The van der Waals surface area contributed by atoms with Crippen LogP contribution < -0.4 is 11.3 Å². The van der Waals surface area contributed by atoms with Crippen LogP contribution in [0.25, 0.3) is 0 Å². The van der Waals surface area contributed by atoms with E-state index in [4.69, 9.17) is 5.84 Å². The highest BCUT2D eigenvalue weighted by Crippen LogP contribution is 2.22. The van der Waals surface area contributed by atoms with Crippen LogP contribution in [-0.4, -0.2) is 15.8 Å². The first kappa shape index (κ1) is 14.2. The molecule has 0 saturated heterocycles. The van der Waals surface area contributed by atoms with E-state index in [0.717, 1.165) is 25.0 Å². The van der Waals surface area contributed by atoms with Gasteiger partial charge in [0.1, 0.15) is 0 Å². The van der Waals surface area contributed by atoms with Gasteiger partial charge in [0.25, 0.3) is 0 Å². The SMILES string of the molecule is CCc1cc(CC(CC(C)(C)C)NN)n(C)n1. The lowest BCUT2D eigenvalue weighted by molar-refractivity contribution is 0.306. The predicted molar refractivity (Wildman–Crippen MR) is 71.5 cm³/mol. The average Bonchev–Trinajstić information content (AvgIpc) is 2.56. The third kappa shape index (κ3) is 4.48. The number of hydrazine groups is 1. The van der Waals surface area contributed by atoms with Crippen molar-refractivity contribution in [3.05, 3.63) is 17.5 Å². The summed E-state index contributed by atoms with van der Waals surface area (Å²) in [6, 6.07) is 2.47. The van der Waals surface area contributed by atoms with Crippen LogP contribution in [0.3, 0.4) is 0 Å². The van der Waals surface area contributed by atoms with Gasteiger partial charge in [0.05, 0.1) is 5.69 Å². The largest absolute Gasteiger partial charge is 0.272 e. The maximum atomic E-state index is 5.64. The Labute approximate surface area is 105 Å². The fraction of sp³-hybridized carbons (Fsp3) is 0.769. The van der Waals surface area contributed by atoms with Crippen LogP contribution in [0.2, 0.25) is 0 Å². The van der Waals surface area contributed by atoms with Crippen LogP contribution in [-0.2, 0) is 19.9 Å². The van der Waals surface area contributed by atoms with Crippen molar-refractivity contribution < 1.29 is 0 Å². The number of aryl methyl sites for hydroxylation is 2. The van der Waals surface area contributed by atoms with Gasteiger partial charge in [-0.1, -0.05) is 27.7 Å². The molecule has 0 aliphatic heterocycles. The number of hydrogen-bond donors (Lipinski definition) is 2. The summed E-state index contributed by atoms with van der Waals surface area (Å²) in [5, 5.41) is 4.46. The van der Waals surface area contributed by atoms with Crippen molar-refractivity contribution in [1.29, 1.82) is 0 Å². The van der Waals surface area contributed by atoms with Gasteiger partial charge in [-0.15, -0.1) is 0 Å². The number of nitrogens with one attached hydrogen (secondary N) is 1. The summed E-state index contributed by atoms with van der Waals surface area (Å²) in [7, 11) is 2.00. The second-order valence-corrected chi connectivity index (χ2v) is 5.94. The number of rotatable bonds is 5. The maximum Gasteiger partial charge on any atom is 0.0624 e. The van der Waals surface area contributed by atoms with Gasteiger partial charge < -0.3 is 0 Å². The lowest BCUT2D eigenvalue weighted by Crippen LogP contribution is -2.39. The van der Waals surface area contributed by atoms with Gasteiger partial charge in [-0.05, 0) is 24.3 Å². The standard InChI is InChI=1S/C13H26N4/c1-6-10-7-12(17(5)16-10)8-11(15-14)9-13(2,3)4/h7,11,15H,6,8-9,14H2,1-5H3. The molecule has 0 saturated carbocycles. The predicted octanol–water partition coefficient (Wildman–Crippen LogP) is 1.79. The lowest BCUT2D eigenvalue weighted by atomic mass is 9.87. The summed E-state index contributed by atoms with van der Waals surface area (Å²) >= 11 is 0. The molecular weight excluding hydrogens is 212 g/mol. The van der Waals surface area contributed by atoms with Crippen molar-refractivity contribution in [2.75, 3.05) is 0 Å². The molecule has 0 spiro atoms. The molecule has 4 heteroatoms. The number of aromatic nitrogens is 2. The Morgan fingerprint density at radius 3 is 2.53 bits per heavy atom. The summed E-state index contributed by atoms with van der Waals surface area (Å²) in [5.74, 6) is 5.64. The zero-order chi connectivity index (χ0) is 13.1. The first-order valence-electron chi connectivity index (χ1n) is 6.33. The van der Waals surface area contributed by atoms with E-state index >= 15 is 0 Å². The maximum absolute atomic E-state index is 5.64. The molecule has 98 valence electrons. The van der Waals surface area contributed by atoms with Crippen LogP contribution in [0.5, 0.6) is 0 Å². The summed E-state index contributed by atoms with van der Waals surface area (Å²) in [5.41, 5.74) is 5.59. The summed E-state index contributed by atoms with van der Waals surface area (Å²) in [6.07, 6.45) is 2.96. The van der Waals surface area contributed by atoms with Crippen molar-refractivity contribution in [3.8, 4) is 0 Å². The van der Waals surface area contributed by atoms with E-state index in [1.165, 1.54) is 5.69 Å². The minimum Gasteiger partial charge on any atom is -0.272 e. The van der Waals surface area contributed by atoms with Gasteiger partial charge >= 0.3 is 0 Å². The number of nitrogens with two attached hydrogens (primary N) is 1. The number of nitrogens with zero attached hydrogens (tertiary/aromatic N) is 2. The monoisotopic (exact) mass is 238 g/mol. The normalized spacial score (nSPS) is 14.0. The Kier molecular flexibility index (Phi) is 4.71. The summed E-state index contributed by atoms with van der Waals surface area (Å²) in [6.45, 7) is 8.83. The topological polar surface area (TPSA) is 55.9 Å². The van der Waals surface area contributed by atoms with Gasteiger partial charge in [-0.2, -0.15) is 5.10 Å². The van der Waals surface area contributed by atoms with Gasteiger partial charge in [0.2, 0.25) is 0 Å². The van der Waals surface area contributed by atoms with Crippen molar-refractivity contribution in [1.82, 2.24) is 15.2 Å². The van der Waals surface area contributed by atoms with Crippen molar-refractivity contribution in [2.45, 2.75) is 53.0 Å². The molecule has 1 rings (SSSR count). The zero-order valence-electron chi connectivity index (χ0n) is 11.7. The fourth-order valence-electron chi connectivity index (χ4n) is 2.12. The summed E-state index contributed by atoms with van der Waals surface area (Å²) in [4.78, 5) is 0. The molecular formula is C13H26N4. The molecule has 17 heavy (non-hydrogen) atoms. The lowest BCUT2D eigenvalue weighted by Gasteiger charge is -2.25. The fourth-order valence-corrected chi connectivity index (χ4v) is 2.12. The van der Waals surface area contributed by atoms with Crippen LogP contribution >= 0.6 is 0 Å². The quantitative estimate of drug-likeness (QED) is 0.607. The Hall–Kier alpha value is -0.870. The molecule has 0 radical (unpaired) electrons. The van der Waals surface area contributed by atoms with E-state index in [1.54, 1.807) is 0 Å². The second kappa shape index (κ2) is 5.65. The van der Waals surface area contributed by atoms with Crippen LogP contribution in [0.15, 0.2) is 6.07 Å². The Balaban J connectivity index is 2.70. The van der Waals surface area contributed by atoms with Gasteiger partial charge in [-0.3, -0.25) is 16.0 Å². The third-order valence-electron chi connectivity index (χ3n) is 2.94. The zero-order valence-corrected chi connectivity index (χ0v) is 11.7. The smallest absolute Gasteiger partial charge is 0.0624 e. The molecule has 1 unspecified atom stereocenters. The van der Waals surface area contributed by atoms with E-state index in [-0.39, 0.29) is 5.41 Å². The molecule has 1 aromatic rings. The molecule has 3 N–H and O–H groups in total. The molecule has 4 nitrogen and oxygen atoms in total. The molecule has 0 aromatic carbocycles. The van der Waals surface area contributed by atoms with Gasteiger partial charge in [0.15, 0.2) is 0 Å². The molecule has 0 fully saturated rings. The third-order valence-corrected chi connectivity index (χ3v) is 2.94. The Morgan fingerprint density at radius 2 is 2.12 bits per heavy atom. The van der Waals surface area contributed by atoms with Crippen molar-refractivity contribution in [3.63, 3.8) is 0 Å². The highest BCUT2D eigenvalue weighted by molar-refractivity contribution is 5.11. The van der Waals surface area contributed by atoms with E-state index in [0.29, 0.717) is 6.04 Å². The van der Waals surface area contributed by atoms with Crippen LogP contribution in [0.1, 0.15) is 45.5 Å². The molecule has 0 aliphatic carbocycles. The molecule has 0 amide bonds. The van der Waals surface area contributed by atoms with Crippen LogP contribution in [0, 0.1) is 5.41 Å². The van der Waals surface area contributed by atoms with Gasteiger partial charge in [0, 0.05) is 25.2 Å². The van der Waals surface area contributed by atoms with Gasteiger partial charge in [-0.25, -0.2) is 0 Å². The average molecular weight is 238 g/mol. The van der Waals surface area contributed by atoms with Crippen LogP contribution in [0.4, 0.5) is 0 Å². The highest BCUT2D eigenvalue weighted by Gasteiger charge is 2.19. The first-order valence-corrected chi connectivity index (χ1v) is 6.33. The van der Waals surface area contributed by atoms with E-state index < -0.39 is 0 Å². The van der Waals surface area contributed by atoms with E-state index in [2.05, 4.69) is 44.3 Å². The highest BCUT2D eigenvalue weighted by atomic mass is 15.3. The van der Waals surface area contributed by atoms with E-state index in [1.807, 2.05) is 11.7 Å². The Bertz CT molecular complexity index is 349. The van der Waals surface area contributed by atoms with Crippen molar-refractivity contribution in [2.24, 2.45) is 18.3 Å². The van der Waals surface area contributed by atoms with E-state index in [9.17, 15) is 0 Å². The minimum absolute atomic E-state index is 0.281. The minimum atomic E-state index is 0.281. The molecule has 0 bridgehead atoms. The molecule has 1 atom stereocenters. The number of hydrogen-bond acceptors (Lipinski definition) is 3.